The van der Waals surface area contributed by atoms with Crippen LogP contribution in [0, 0.1) is 10.1 Å². The fraction of sp³-hybridized carbons (Fsp3) is 0.556. The Hall–Kier alpha value is -1.76. The second-order valence-corrected chi connectivity index (χ2v) is 3.43. The number of nitrogens with one attached hydrogen (secondary N) is 1. The van der Waals surface area contributed by atoms with Gasteiger partial charge < -0.3 is 15.4 Å². The van der Waals surface area contributed by atoms with E-state index < -0.39 is 4.92 Å². The van der Waals surface area contributed by atoms with Gasteiger partial charge in [-0.2, -0.15) is 4.68 Å². The minimum Gasteiger partial charge on any atom is -0.390 e. The SMILES string of the molecule is C=C(CNCCC)Cn1cnc([N+](=O)[O-])n1. The molecule has 0 atom stereocenters. The van der Waals surface area contributed by atoms with Gasteiger partial charge in [0.2, 0.25) is 6.33 Å². The lowest BCUT2D eigenvalue weighted by atomic mass is 10.3. The summed E-state index contributed by atoms with van der Waals surface area (Å²) >= 11 is 0. The molecule has 1 rings (SSSR count). The summed E-state index contributed by atoms with van der Waals surface area (Å²) < 4.78 is 1.41. The van der Waals surface area contributed by atoms with Crippen molar-refractivity contribution < 1.29 is 4.92 Å². The largest absolute Gasteiger partial charge is 0.490 e. The van der Waals surface area contributed by atoms with Crippen molar-refractivity contribution in [2.75, 3.05) is 13.1 Å². The topological polar surface area (TPSA) is 85.9 Å². The molecular formula is C9H15N5O2. The van der Waals surface area contributed by atoms with E-state index in [0.29, 0.717) is 13.1 Å². The molecule has 88 valence electrons. The summed E-state index contributed by atoms with van der Waals surface area (Å²) in [6, 6.07) is 0. The molecular weight excluding hydrogens is 210 g/mol. The third kappa shape index (κ3) is 3.77. The van der Waals surface area contributed by atoms with E-state index >= 15 is 0 Å². The highest BCUT2D eigenvalue weighted by atomic mass is 16.6. The second kappa shape index (κ2) is 5.96. The Morgan fingerprint density at radius 2 is 2.50 bits per heavy atom. The van der Waals surface area contributed by atoms with Gasteiger partial charge in [0.05, 0.1) is 6.54 Å². The summed E-state index contributed by atoms with van der Waals surface area (Å²) in [6.07, 6.45) is 2.39. The molecule has 0 aliphatic heterocycles. The average Bonchev–Trinajstić information content (AvgIpc) is 2.66. The molecule has 0 fully saturated rings. The predicted octanol–water partition coefficient (Wildman–Crippen LogP) is 0.742. The first-order valence-electron chi connectivity index (χ1n) is 5.04. The molecule has 1 N–H and O–H groups in total. The van der Waals surface area contributed by atoms with Crippen LogP contribution in [0.4, 0.5) is 5.95 Å². The van der Waals surface area contributed by atoms with Crippen LogP contribution in [0.25, 0.3) is 0 Å². The zero-order valence-electron chi connectivity index (χ0n) is 9.22. The molecule has 0 amide bonds. The van der Waals surface area contributed by atoms with Crippen LogP contribution < -0.4 is 5.32 Å². The van der Waals surface area contributed by atoms with Gasteiger partial charge in [-0.3, -0.25) is 0 Å². The maximum absolute atomic E-state index is 10.3. The number of aromatic nitrogens is 3. The van der Waals surface area contributed by atoms with Crippen LogP contribution in [0.2, 0.25) is 0 Å². The molecule has 1 heterocycles. The lowest BCUT2D eigenvalue weighted by molar-refractivity contribution is -0.394. The lowest BCUT2D eigenvalue weighted by Crippen LogP contribution is -2.19. The van der Waals surface area contributed by atoms with Crippen molar-refractivity contribution in [1.29, 1.82) is 0 Å². The summed E-state index contributed by atoms with van der Waals surface area (Å²) in [7, 11) is 0. The van der Waals surface area contributed by atoms with Crippen LogP contribution in [0.15, 0.2) is 18.5 Å². The number of hydrogen-bond acceptors (Lipinski definition) is 5. The third-order valence-electron chi connectivity index (χ3n) is 1.88. The van der Waals surface area contributed by atoms with Gasteiger partial charge in [0.15, 0.2) is 0 Å². The van der Waals surface area contributed by atoms with E-state index in [1.54, 1.807) is 0 Å². The van der Waals surface area contributed by atoms with Crippen molar-refractivity contribution in [2.45, 2.75) is 19.9 Å². The van der Waals surface area contributed by atoms with Gasteiger partial charge in [-0.25, -0.2) is 0 Å². The minimum absolute atomic E-state index is 0.380. The van der Waals surface area contributed by atoms with Crippen LogP contribution in [0.5, 0.6) is 0 Å². The number of hydrogen-bond donors (Lipinski definition) is 1. The van der Waals surface area contributed by atoms with Gasteiger partial charge in [-0.1, -0.05) is 18.5 Å². The summed E-state index contributed by atoms with van der Waals surface area (Å²) in [4.78, 5) is 13.3. The molecule has 0 spiro atoms. The van der Waals surface area contributed by atoms with Crippen LogP contribution in [0.1, 0.15) is 13.3 Å². The Morgan fingerprint density at radius 1 is 1.75 bits per heavy atom. The van der Waals surface area contributed by atoms with Gasteiger partial charge in [-0.05, 0) is 23.5 Å². The first kappa shape index (κ1) is 12.3. The zero-order valence-corrected chi connectivity index (χ0v) is 9.22. The maximum Gasteiger partial charge on any atom is 0.490 e. The van der Waals surface area contributed by atoms with Crippen molar-refractivity contribution in [3.05, 3.63) is 28.6 Å². The molecule has 0 aromatic carbocycles. The molecule has 16 heavy (non-hydrogen) atoms. The van der Waals surface area contributed by atoms with E-state index in [9.17, 15) is 10.1 Å². The van der Waals surface area contributed by atoms with Crippen molar-refractivity contribution >= 4 is 5.95 Å². The van der Waals surface area contributed by atoms with E-state index in [1.807, 2.05) is 0 Å². The lowest BCUT2D eigenvalue weighted by Gasteiger charge is -2.04. The highest BCUT2D eigenvalue weighted by Crippen LogP contribution is 2.01. The monoisotopic (exact) mass is 225 g/mol. The summed E-state index contributed by atoms with van der Waals surface area (Å²) in [6.45, 7) is 7.99. The molecule has 7 nitrogen and oxygen atoms in total. The van der Waals surface area contributed by atoms with E-state index in [-0.39, 0.29) is 5.95 Å². The summed E-state index contributed by atoms with van der Waals surface area (Å²) in [5.74, 6) is -0.380. The quantitative estimate of drug-likeness (QED) is 0.320. The van der Waals surface area contributed by atoms with E-state index in [0.717, 1.165) is 18.5 Å². The molecule has 0 aliphatic rings. The van der Waals surface area contributed by atoms with Crippen LogP contribution in [-0.4, -0.2) is 32.8 Å². The highest BCUT2D eigenvalue weighted by Gasteiger charge is 2.12. The van der Waals surface area contributed by atoms with Crippen LogP contribution in [0.3, 0.4) is 0 Å². The molecule has 0 aliphatic carbocycles. The summed E-state index contributed by atoms with van der Waals surface area (Å²) in [5, 5.41) is 17.2. The van der Waals surface area contributed by atoms with E-state index in [1.165, 1.54) is 11.0 Å². The zero-order chi connectivity index (χ0) is 12.0. The van der Waals surface area contributed by atoms with Crippen LogP contribution >= 0.6 is 0 Å². The second-order valence-electron chi connectivity index (χ2n) is 3.43. The van der Waals surface area contributed by atoms with Gasteiger partial charge in [0.25, 0.3) is 0 Å². The molecule has 1 aromatic heterocycles. The van der Waals surface area contributed by atoms with Crippen molar-refractivity contribution in [1.82, 2.24) is 20.1 Å². The number of nitro groups is 1. The van der Waals surface area contributed by atoms with Crippen molar-refractivity contribution in [3.8, 4) is 0 Å². The Morgan fingerprint density at radius 3 is 3.06 bits per heavy atom. The molecule has 7 heteroatoms. The van der Waals surface area contributed by atoms with Crippen LogP contribution in [-0.2, 0) is 6.54 Å². The number of nitrogens with zero attached hydrogens (tertiary/aromatic N) is 4. The molecule has 0 radical (unpaired) electrons. The first-order chi connectivity index (χ1) is 7.63. The molecule has 0 saturated carbocycles. The normalized spacial score (nSPS) is 10.3. The minimum atomic E-state index is -0.616. The van der Waals surface area contributed by atoms with Gasteiger partial charge in [-0.15, -0.1) is 0 Å². The Bertz CT molecular complexity index is 374. The Balaban J connectivity index is 2.40. The van der Waals surface area contributed by atoms with E-state index in [2.05, 4.69) is 28.9 Å². The molecule has 0 saturated heterocycles. The Kier molecular flexibility index (Phi) is 4.59. The molecule has 0 unspecified atom stereocenters. The molecule has 0 bridgehead atoms. The average molecular weight is 225 g/mol. The van der Waals surface area contributed by atoms with Gasteiger partial charge in [0, 0.05) is 11.6 Å². The standard InChI is InChI=1S/C9H15N5O2/c1-3-4-10-5-8(2)6-13-7-11-9(12-13)14(15)16/h7,10H,2-6H2,1H3. The fourth-order valence-corrected chi connectivity index (χ4v) is 1.17. The fourth-order valence-electron chi connectivity index (χ4n) is 1.17. The summed E-state index contributed by atoms with van der Waals surface area (Å²) in [5.41, 5.74) is 0.910. The maximum atomic E-state index is 10.3. The smallest absolute Gasteiger partial charge is 0.390 e. The highest BCUT2D eigenvalue weighted by molar-refractivity contribution is 5.01. The van der Waals surface area contributed by atoms with E-state index in [4.69, 9.17) is 0 Å². The van der Waals surface area contributed by atoms with Crippen molar-refractivity contribution in [2.24, 2.45) is 0 Å². The first-order valence-corrected chi connectivity index (χ1v) is 5.04. The molecule has 1 aromatic rings. The Labute approximate surface area is 93.3 Å². The van der Waals surface area contributed by atoms with Gasteiger partial charge in [0.1, 0.15) is 0 Å². The number of rotatable bonds is 7. The predicted molar refractivity (Wildman–Crippen MR) is 59.0 cm³/mol. The van der Waals surface area contributed by atoms with Crippen molar-refractivity contribution in [3.63, 3.8) is 0 Å². The third-order valence-corrected chi connectivity index (χ3v) is 1.88. The van der Waals surface area contributed by atoms with Gasteiger partial charge >= 0.3 is 5.95 Å².